The molecule has 0 aliphatic heterocycles. The molecule has 0 saturated carbocycles. The molecule has 0 bridgehead atoms. The van der Waals surface area contributed by atoms with Crippen molar-refractivity contribution in [3.05, 3.63) is 0 Å². The monoisotopic (exact) mass is 246 g/mol. The highest BCUT2D eigenvalue weighted by Gasteiger charge is 2.28. The van der Waals surface area contributed by atoms with E-state index in [4.69, 9.17) is 4.12 Å². The molecule has 0 radical (unpaired) electrons. The Morgan fingerprint density at radius 3 is 1.80 bits per heavy atom. The third-order valence-electron chi connectivity index (χ3n) is 2.46. The van der Waals surface area contributed by atoms with Crippen molar-refractivity contribution in [3.8, 4) is 0 Å². The fourth-order valence-electron chi connectivity index (χ4n) is 2.03. The molecule has 0 aliphatic rings. The van der Waals surface area contributed by atoms with Gasteiger partial charge in [0.2, 0.25) is 0 Å². The molecule has 0 aromatic rings. The average Bonchev–Trinajstić information content (AvgIpc) is 1.99. The second-order valence-electron chi connectivity index (χ2n) is 6.14. The van der Waals surface area contributed by atoms with E-state index in [1.165, 1.54) is 38.1 Å². The van der Waals surface area contributed by atoms with E-state index < -0.39 is 16.6 Å². The maximum atomic E-state index is 6.31. The van der Waals surface area contributed by atoms with Gasteiger partial charge in [0.1, 0.15) is 0 Å². The molecule has 0 aromatic heterocycles. The summed E-state index contributed by atoms with van der Waals surface area (Å²) < 4.78 is 6.31. The van der Waals surface area contributed by atoms with Gasteiger partial charge in [-0.3, -0.25) is 0 Å². The molecule has 0 rings (SSSR count). The first-order valence-corrected chi connectivity index (χ1v) is 13.0. The Labute approximate surface area is 98.9 Å². The summed E-state index contributed by atoms with van der Waals surface area (Å²) in [5, 5.41) is 0. The lowest BCUT2D eigenvalue weighted by Gasteiger charge is -2.31. The fraction of sp³-hybridized carbons (Fsp3) is 1.00. The zero-order chi connectivity index (χ0) is 11.9. The van der Waals surface area contributed by atoms with Crippen LogP contribution in [-0.4, -0.2) is 16.6 Å². The topological polar surface area (TPSA) is 9.23 Å². The average molecular weight is 247 g/mol. The lowest BCUT2D eigenvalue weighted by molar-refractivity contribution is 0.537. The molecule has 0 amide bonds. The second kappa shape index (κ2) is 6.87. The summed E-state index contributed by atoms with van der Waals surface area (Å²) in [4.78, 5) is 0. The first-order valence-electron chi connectivity index (χ1n) is 6.47. The van der Waals surface area contributed by atoms with Gasteiger partial charge in [-0.1, -0.05) is 39.0 Å². The normalized spacial score (nSPS) is 13.2. The van der Waals surface area contributed by atoms with Gasteiger partial charge in [0, 0.05) is 0 Å². The molecular formula is C12H30OSi2. The number of hydrogen-bond acceptors (Lipinski definition) is 1. The van der Waals surface area contributed by atoms with Crippen molar-refractivity contribution in [2.75, 3.05) is 0 Å². The molecular weight excluding hydrogens is 216 g/mol. The Balaban J connectivity index is 3.65. The minimum atomic E-state index is -1.34. The van der Waals surface area contributed by atoms with E-state index >= 15 is 0 Å². The summed E-state index contributed by atoms with van der Waals surface area (Å²) in [5.74, 6) is 0. The molecule has 1 nitrogen and oxygen atoms in total. The molecule has 0 atom stereocenters. The minimum absolute atomic E-state index is 1.31. The summed E-state index contributed by atoms with van der Waals surface area (Å²) in [6.07, 6.45) is 6.93. The first-order chi connectivity index (χ1) is 6.77. The van der Waals surface area contributed by atoms with Crippen molar-refractivity contribution in [1.29, 1.82) is 0 Å². The summed E-state index contributed by atoms with van der Waals surface area (Å²) in [6, 6.07) is 1.35. The van der Waals surface area contributed by atoms with Crippen LogP contribution in [-0.2, 0) is 4.12 Å². The lowest BCUT2D eigenvalue weighted by Crippen LogP contribution is -2.42. The lowest BCUT2D eigenvalue weighted by atomic mass is 10.2. The molecule has 0 aliphatic carbocycles. The van der Waals surface area contributed by atoms with Crippen LogP contribution in [0.1, 0.15) is 39.0 Å². The summed E-state index contributed by atoms with van der Waals surface area (Å²) in [7, 11) is -2.64. The van der Waals surface area contributed by atoms with Gasteiger partial charge in [0.05, 0.1) is 0 Å². The molecule has 0 saturated heterocycles. The van der Waals surface area contributed by atoms with E-state index in [1.54, 1.807) is 0 Å². The Morgan fingerprint density at radius 1 is 0.800 bits per heavy atom. The molecule has 15 heavy (non-hydrogen) atoms. The van der Waals surface area contributed by atoms with E-state index in [0.29, 0.717) is 0 Å². The van der Waals surface area contributed by atoms with Crippen molar-refractivity contribution >= 4 is 16.6 Å². The van der Waals surface area contributed by atoms with Crippen LogP contribution in [0.5, 0.6) is 0 Å². The van der Waals surface area contributed by atoms with E-state index in [-0.39, 0.29) is 0 Å². The Kier molecular flexibility index (Phi) is 7.05. The van der Waals surface area contributed by atoms with Crippen LogP contribution in [0.3, 0.4) is 0 Å². The third-order valence-corrected chi connectivity index (χ3v) is 8.68. The van der Waals surface area contributed by atoms with Gasteiger partial charge < -0.3 is 4.12 Å². The summed E-state index contributed by atoms with van der Waals surface area (Å²) in [5.41, 5.74) is 0. The van der Waals surface area contributed by atoms with Crippen LogP contribution in [0, 0.1) is 0 Å². The van der Waals surface area contributed by atoms with Crippen LogP contribution in [0.4, 0.5) is 0 Å². The zero-order valence-electron chi connectivity index (χ0n) is 11.7. The fourth-order valence-corrected chi connectivity index (χ4v) is 10.2. The molecule has 0 aromatic carbocycles. The quantitative estimate of drug-likeness (QED) is 0.432. The standard InChI is InChI=1S/C12H30OSi2/c1-7-8-9-10-11-12-15(5,6)13-14(2,3)4/h7-12H2,1-6H3. The maximum Gasteiger partial charge on any atom is 0.173 e. The third kappa shape index (κ3) is 10.7. The van der Waals surface area contributed by atoms with E-state index in [1.807, 2.05) is 0 Å². The Hall–Kier alpha value is 0.394. The molecule has 0 N–H and O–H groups in total. The Bertz CT molecular complexity index is 161. The van der Waals surface area contributed by atoms with Gasteiger partial charge in [-0.15, -0.1) is 0 Å². The molecule has 0 spiro atoms. The largest absolute Gasteiger partial charge is 0.456 e. The summed E-state index contributed by atoms with van der Waals surface area (Å²) in [6.45, 7) is 13.9. The van der Waals surface area contributed by atoms with E-state index in [9.17, 15) is 0 Å². The van der Waals surface area contributed by atoms with Crippen LogP contribution in [0.25, 0.3) is 0 Å². The van der Waals surface area contributed by atoms with Crippen molar-refractivity contribution in [2.24, 2.45) is 0 Å². The molecule has 0 fully saturated rings. The SMILES string of the molecule is CCCCCCC[Si](C)(C)O[Si](C)(C)C. The predicted molar refractivity (Wildman–Crippen MR) is 75.5 cm³/mol. The van der Waals surface area contributed by atoms with Gasteiger partial charge in [-0.25, -0.2) is 0 Å². The van der Waals surface area contributed by atoms with Crippen LogP contribution >= 0.6 is 0 Å². The zero-order valence-corrected chi connectivity index (χ0v) is 13.7. The van der Waals surface area contributed by atoms with Crippen molar-refractivity contribution in [2.45, 2.75) is 77.8 Å². The smallest absolute Gasteiger partial charge is 0.173 e. The van der Waals surface area contributed by atoms with Crippen molar-refractivity contribution < 1.29 is 4.12 Å². The van der Waals surface area contributed by atoms with E-state index in [2.05, 4.69) is 39.7 Å². The van der Waals surface area contributed by atoms with Crippen LogP contribution in [0.15, 0.2) is 0 Å². The summed E-state index contributed by atoms with van der Waals surface area (Å²) >= 11 is 0. The predicted octanol–water partition coefficient (Wildman–Crippen LogP) is 5.01. The number of rotatable bonds is 8. The number of hydrogen-bond donors (Lipinski definition) is 0. The second-order valence-corrected chi connectivity index (χ2v) is 15.2. The van der Waals surface area contributed by atoms with E-state index in [0.717, 1.165) is 0 Å². The molecule has 92 valence electrons. The molecule has 0 unspecified atom stereocenters. The molecule has 3 heteroatoms. The van der Waals surface area contributed by atoms with Crippen molar-refractivity contribution in [3.63, 3.8) is 0 Å². The highest BCUT2D eigenvalue weighted by atomic mass is 28.4. The van der Waals surface area contributed by atoms with Crippen LogP contribution < -0.4 is 0 Å². The van der Waals surface area contributed by atoms with Crippen LogP contribution in [0.2, 0.25) is 38.8 Å². The van der Waals surface area contributed by atoms with Gasteiger partial charge in [-0.05, 0) is 38.8 Å². The first kappa shape index (κ1) is 15.4. The van der Waals surface area contributed by atoms with Gasteiger partial charge in [0.15, 0.2) is 16.6 Å². The minimum Gasteiger partial charge on any atom is -0.456 e. The van der Waals surface area contributed by atoms with Crippen molar-refractivity contribution in [1.82, 2.24) is 0 Å². The van der Waals surface area contributed by atoms with Gasteiger partial charge >= 0.3 is 0 Å². The highest BCUT2D eigenvalue weighted by Crippen LogP contribution is 2.21. The Morgan fingerprint density at radius 2 is 1.33 bits per heavy atom. The number of unbranched alkanes of at least 4 members (excludes halogenated alkanes) is 4. The van der Waals surface area contributed by atoms with Gasteiger partial charge in [0.25, 0.3) is 0 Å². The molecule has 0 heterocycles. The maximum absolute atomic E-state index is 6.31. The van der Waals surface area contributed by atoms with Gasteiger partial charge in [-0.2, -0.15) is 0 Å². The highest BCUT2D eigenvalue weighted by molar-refractivity contribution is 6.84.